The largest absolute Gasteiger partial charge is 0.360 e. The van der Waals surface area contributed by atoms with Crippen LogP contribution in [0.1, 0.15) is 24.5 Å². The van der Waals surface area contributed by atoms with Crippen LogP contribution < -0.4 is 0 Å². The van der Waals surface area contributed by atoms with Gasteiger partial charge in [0.1, 0.15) is 0 Å². The number of H-pyrrole nitrogens is 1. The van der Waals surface area contributed by atoms with E-state index in [1.165, 1.54) is 12.8 Å². The van der Waals surface area contributed by atoms with Gasteiger partial charge in [0.15, 0.2) is 0 Å². The van der Waals surface area contributed by atoms with Gasteiger partial charge in [-0.3, -0.25) is 15.0 Å². The molecule has 3 aromatic heterocycles. The van der Waals surface area contributed by atoms with E-state index in [4.69, 9.17) is 4.98 Å². The third-order valence-electron chi connectivity index (χ3n) is 4.47. The lowest BCUT2D eigenvalue weighted by molar-refractivity contribution is 0.993. The molecule has 5 nitrogen and oxygen atoms in total. The first kappa shape index (κ1) is 13.4. The molecule has 0 unspecified atom stereocenters. The van der Waals surface area contributed by atoms with Crippen LogP contribution in [-0.2, 0) is 0 Å². The van der Waals surface area contributed by atoms with Crippen molar-refractivity contribution in [1.82, 2.24) is 24.9 Å². The van der Waals surface area contributed by atoms with Crippen molar-refractivity contribution in [3.63, 3.8) is 0 Å². The normalized spacial score (nSPS) is 14.2. The highest BCUT2D eigenvalue weighted by Gasteiger charge is 2.25. The lowest BCUT2D eigenvalue weighted by Gasteiger charge is -2.04. The summed E-state index contributed by atoms with van der Waals surface area (Å²) in [6.45, 7) is 0. The van der Waals surface area contributed by atoms with Gasteiger partial charge in [0, 0.05) is 52.7 Å². The van der Waals surface area contributed by atoms with Gasteiger partial charge in [0.05, 0.1) is 29.5 Å². The molecule has 0 atom stereocenters. The molecule has 3 heterocycles. The molecule has 116 valence electrons. The smallest absolute Gasteiger partial charge is 0.0906 e. The van der Waals surface area contributed by atoms with E-state index in [9.17, 15) is 0 Å². The van der Waals surface area contributed by atoms with Crippen molar-refractivity contribution in [2.45, 2.75) is 18.8 Å². The van der Waals surface area contributed by atoms with E-state index in [0.29, 0.717) is 5.92 Å². The number of aromatic nitrogens is 5. The summed E-state index contributed by atoms with van der Waals surface area (Å²) in [6.07, 6.45) is 13.3. The average molecular weight is 313 g/mol. The van der Waals surface area contributed by atoms with Gasteiger partial charge in [-0.25, -0.2) is 4.98 Å². The second-order valence-electron chi connectivity index (χ2n) is 6.16. The number of rotatable bonds is 3. The minimum atomic E-state index is 0.601. The summed E-state index contributed by atoms with van der Waals surface area (Å²) in [4.78, 5) is 21.1. The van der Waals surface area contributed by atoms with Gasteiger partial charge in [-0.15, -0.1) is 0 Å². The fourth-order valence-corrected chi connectivity index (χ4v) is 3.03. The minimum Gasteiger partial charge on any atom is -0.360 e. The monoisotopic (exact) mass is 313 g/mol. The summed E-state index contributed by atoms with van der Waals surface area (Å²) >= 11 is 0. The van der Waals surface area contributed by atoms with Crippen LogP contribution in [0.3, 0.4) is 0 Å². The molecule has 0 saturated heterocycles. The Hall–Kier alpha value is -3.08. The second kappa shape index (κ2) is 5.23. The molecule has 5 rings (SSSR count). The van der Waals surface area contributed by atoms with Crippen LogP contribution in [0.25, 0.3) is 33.4 Å². The average Bonchev–Trinajstić information content (AvgIpc) is 3.42. The molecule has 24 heavy (non-hydrogen) atoms. The van der Waals surface area contributed by atoms with Gasteiger partial charge >= 0.3 is 0 Å². The molecule has 0 amide bonds. The Labute approximate surface area is 138 Å². The van der Waals surface area contributed by atoms with E-state index in [0.717, 1.165) is 39.1 Å². The predicted octanol–water partition coefficient (Wildman–Crippen LogP) is 3.96. The molecule has 4 aromatic rings. The number of hydrogen-bond acceptors (Lipinski definition) is 4. The first-order valence-electron chi connectivity index (χ1n) is 8.08. The summed E-state index contributed by atoms with van der Waals surface area (Å²) in [6, 6.07) is 6.31. The van der Waals surface area contributed by atoms with E-state index < -0.39 is 0 Å². The molecule has 0 aliphatic heterocycles. The van der Waals surface area contributed by atoms with E-state index >= 15 is 0 Å². The summed E-state index contributed by atoms with van der Waals surface area (Å²) < 4.78 is 0. The fourth-order valence-electron chi connectivity index (χ4n) is 3.03. The molecule has 1 aromatic carbocycles. The highest BCUT2D eigenvalue weighted by molar-refractivity contribution is 5.96. The maximum Gasteiger partial charge on any atom is 0.0906 e. The van der Waals surface area contributed by atoms with Crippen LogP contribution in [0.5, 0.6) is 0 Å². The van der Waals surface area contributed by atoms with Crippen molar-refractivity contribution in [2.24, 2.45) is 0 Å². The number of fused-ring (bicyclic) bond motifs is 1. The molecule has 1 N–H and O–H groups in total. The van der Waals surface area contributed by atoms with Crippen molar-refractivity contribution >= 4 is 10.9 Å². The summed E-state index contributed by atoms with van der Waals surface area (Å²) in [5.74, 6) is 0.601. The molecule has 1 saturated carbocycles. The first-order chi connectivity index (χ1) is 11.9. The lowest BCUT2D eigenvalue weighted by Crippen LogP contribution is -1.92. The Bertz CT molecular complexity index is 1020. The Kier molecular flexibility index (Phi) is 2.91. The van der Waals surface area contributed by atoms with E-state index in [2.05, 4.69) is 38.1 Å². The zero-order valence-corrected chi connectivity index (χ0v) is 13.0. The Morgan fingerprint density at radius 3 is 2.71 bits per heavy atom. The number of aromatic amines is 1. The van der Waals surface area contributed by atoms with Crippen molar-refractivity contribution in [2.75, 3.05) is 0 Å². The Morgan fingerprint density at radius 2 is 1.88 bits per heavy atom. The van der Waals surface area contributed by atoms with Crippen LogP contribution in [0.2, 0.25) is 0 Å². The van der Waals surface area contributed by atoms with Gasteiger partial charge in [0.25, 0.3) is 0 Å². The maximum atomic E-state index is 4.80. The molecular formula is C19H15N5. The fraction of sp³-hybridized carbons (Fsp3) is 0.158. The molecule has 0 bridgehead atoms. The molecule has 1 aliphatic rings. The van der Waals surface area contributed by atoms with Crippen LogP contribution >= 0.6 is 0 Å². The zero-order chi connectivity index (χ0) is 15.9. The highest BCUT2D eigenvalue weighted by atomic mass is 14.8. The van der Waals surface area contributed by atoms with Crippen LogP contribution in [0, 0.1) is 0 Å². The molecule has 0 spiro atoms. The molecular weight excluding hydrogens is 298 g/mol. The Balaban J connectivity index is 1.64. The molecule has 0 radical (unpaired) electrons. The van der Waals surface area contributed by atoms with E-state index in [1.54, 1.807) is 18.6 Å². The van der Waals surface area contributed by atoms with Gasteiger partial charge in [0.2, 0.25) is 0 Å². The van der Waals surface area contributed by atoms with Gasteiger partial charge in [-0.1, -0.05) is 6.07 Å². The van der Waals surface area contributed by atoms with Crippen molar-refractivity contribution in [3.05, 3.63) is 61.1 Å². The minimum absolute atomic E-state index is 0.601. The van der Waals surface area contributed by atoms with Crippen molar-refractivity contribution in [1.29, 1.82) is 0 Å². The number of nitrogens with zero attached hydrogens (tertiary/aromatic N) is 4. The highest BCUT2D eigenvalue weighted by Crippen LogP contribution is 2.39. The topological polar surface area (TPSA) is 67.3 Å². The maximum absolute atomic E-state index is 4.80. The van der Waals surface area contributed by atoms with Crippen molar-refractivity contribution in [3.8, 4) is 22.5 Å². The molecule has 1 aliphatic carbocycles. The van der Waals surface area contributed by atoms with Crippen molar-refractivity contribution < 1.29 is 0 Å². The third kappa shape index (κ3) is 2.25. The number of hydrogen-bond donors (Lipinski definition) is 1. The molecule has 1 fully saturated rings. The zero-order valence-electron chi connectivity index (χ0n) is 13.0. The summed E-state index contributed by atoms with van der Waals surface area (Å²) in [7, 11) is 0. The summed E-state index contributed by atoms with van der Waals surface area (Å²) in [5.41, 5.74) is 6.08. The lowest BCUT2D eigenvalue weighted by atomic mass is 10.1. The van der Waals surface area contributed by atoms with Gasteiger partial charge < -0.3 is 4.98 Å². The first-order valence-corrected chi connectivity index (χ1v) is 8.08. The van der Waals surface area contributed by atoms with Crippen LogP contribution in [0.4, 0.5) is 0 Å². The number of nitrogens with one attached hydrogen (secondary N) is 1. The molecule has 5 heteroatoms. The quantitative estimate of drug-likeness (QED) is 0.621. The second-order valence-corrected chi connectivity index (χ2v) is 6.16. The van der Waals surface area contributed by atoms with Crippen LogP contribution in [-0.4, -0.2) is 24.9 Å². The van der Waals surface area contributed by atoms with E-state index in [1.807, 2.05) is 18.6 Å². The van der Waals surface area contributed by atoms with Crippen LogP contribution in [0.15, 0.2) is 55.4 Å². The summed E-state index contributed by atoms with van der Waals surface area (Å²) in [5, 5.41) is 1.12. The predicted molar refractivity (Wildman–Crippen MR) is 92.3 cm³/mol. The Morgan fingerprint density at radius 1 is 0.958 bits per heavy atom. The van der Waals surface area contributed by atoms with Gasteiger partial charge in [-0.05, 0) is 25.0 Å². The third-order valence-corrected chi connectivity index (χ3v) is 4.47. The SMILES string of the molecule is c1cnc(-c2c[nH]c3ccc(-c4cncc(C5CC5)n4)cc23)cn1. The van der Waals surface area contributed by atoms with Gasteiger partial charge in [-0.2, -0.15) is 0 Å². The van der Waals surface area contributed by atoms with E-state index in [-0.39, 0.29) is 0 Å². The number of benzene rings is 1. The standard InChI is InChI=1S/C19H15N5/c1-2-12(1)17-9-21-10-18(24-17)13-3-4-16-14(7-13)15(8-23-16)19-11-20-5-6-22-19/h3-12,23H,1-2H2.